The van der Waals surface area contributed by atoms with Crippen molar-refractivity contribution in [1.29, 1.82) is 0 Å². The molecular formula is C17H23ClN2O3. The lowest BCUT2D eigenvalue weighted by atomic mass is 10.1. The van der Waals surface area contributed by atoms with E-state index >= 15 is 0 Å². The number of carbonyl (C=O) groups excluding carboxylic acids is 2. The van der Waals surface area contributed by atoms with E-state index in [9.17, 15) is 9.59 Å². The van der Waals surface area contributed by atoms with E-state index in [0.717, 1.165) is 18.4 Å². The monoisotopic (exact) mass is 338 g/mol. The van der Waals surface area contributed by atoms with Crippen LogP contribution < -0.4 is 10.6 Å². The Hall–Kier alpha value is -1.75. The van der Waals surface area contributed by atoms with E-state index < -0.39 is 17.7 Å². The molecule has 1 aliphatic rings. The molecule has 0 saturated heterocycles. The number of carbonyl (C=O) groups is 2. The lowest BCUT2D eigenvalue weighted by Crippen LogP contribution is -2.40. The van der Waals surface area contributed by atoms with Crippen molar-refractivity contribution in [1.82, 2.24) is 10.6 Å². The molecule has 0 radical (unpaired) electrons. The van der Waals surface area contributed by atoms with Crippen molar-refractivity contribution < 1.29 is 14.3 Å². The molecule has 1 unspecified atom stereocenters. The summed E-state index contributed by atoms with van der Waals surface area (Å²) in [6.45, 7) is 5.70. The van der Waals surface area contributed by atoms with Gasteiger partial charge < -0.3 is 15.4 Å². The van der Waals surface area contributed by atoms with Crippen LogP contribution in [0.15, 0.2) is 24.3 Å². The summed E-state index contributed by atoms with van der Waals surface area (Å²) in [7, 11) is 0. The summed E-state index contributed by atoms with van der Waals surface area (Å²) in [6, 6.07) is 6.80. The van der Waals surface area contributed by atoms with Gasteiger partial charge in [0, 0.05) is 17.5 Å². The van der Waals surface area contributed by atoms with Crippen molar-refractivity contribution in [3.05, 3.63) is 34.9 Å². The Bertz CT molecular complexity index is 579. The number of hydrogen-bond donors (Lipinski definition) is 2. The van der Waals surface area contributed by atoms with Crippen LogP contribution in [0, 0.1) is 5.92 Å². The third kappa shape index (κ3) is 6.10. The molecule has 2 rings (SSSR count). The highest BCUT2D eigenvalue weighted by atomic mass is 35.5. The number of ether oxygens (including phenoxy) is 1. The number of benzene rings is 1. The normalized spacial score (nSPS) is 15.7. The first-order valence-electron chi connectivity index (χ1n) is 7.77. The average molecular weight is 339 g/mol. The molecule has 2 N–H and O–H groups in total. The van der Waals surface area contributed by atoms with Crippen LogP contribution >= 0.6 is 11.6 Å². The van der Waals surface area contributed by atoms with Crippen LogP contribution in [-0.2, 0) is 9.53 Å². The van der Waals surface area contributed by atoms with Gasteiger partial charge in [0.15, 0.2) is 0 Å². The van der Waals surface area contributed by atoms with E-state index in [4.69, 9.17) is 16.3 Å². The van der Waals surface area contributed by atoms with Crippen molar-refractivity contribution in [2.75, 3.05) is 6.54 Å². The number of nitrogens with one attached hydrogen (secondary N) is 2. The predicted molar refractivity (Wildman–Crippen MR) is 89.3 cm³/mol. The zero-order valence-electron chi connectivity index (χ0n) is 13.7. The molecule has 1 aliphatic carbocycles. The van der Waals surface area contributed by atoms with E-state index in [2.05, 4.69) is 10.6 Å². The highest BCUT2D eigenvalue weighted by Crippen LogP contribution is 2.29. The van der Waals surface area contributed by atoms with Gasteiger partial charge in [0.05, 0.1) is 6.04 Å². The van der Waals surface area contributed by atoms with Gasteiger partial charge in [-0.2, -0.15) is 0 Å². The topological polar surface area (TPSA) is 67.4 Å². The summed E-state index contributed by atoms with van der Waals surface area (Å²) in [5.41, 5.74) is 0.236. The Morgan fingerprint density at radius 1 is 1.35 bits per heavy atom. The second-order valence-corrected chi connectivity index (χ2v) is 7.21. The zero-order valence-corrected chi connectivity index (χ0v) is 14.4. The molecule has 1 fully saturated rings. The largest absolute Gasteiger partial charge is 0.444 e. The van der Waals surface area contributed by atoms with Gasteiger partial charge in [0.1, 0.15) is 5.60 Å². The van der Waals surface area contributed by atoms with Crippen LogP contribution in [0.5, 0.6) is 0 Å². The van der Waals surface area contributed by atoms with E-state index in [1.165, 1.54) is 0 Å². The number of alkyl carbamates (subject to hydrolysis) is 1. The first-order chi connectivity index (χ1) is 10.7. The fraction of sp³-hybridized carbons (Fsp3) is 0.529. The van der Waals surface area contributed by atoms with Crippen molar-refractivity contribution >= 4 is 23.6 Å². The third-order valence-electron chi connectivity index (χ3n) is 3.37. The average Bonchev–Trinajstić information content (AvgIpc) is 3.25. The van der Waals surface area contributed by atoms with Crippen LogP contribution in [0.1, 0.15) is 45.2 Å². The molecule has 0 aliphatic heterocycles. The maximum absolute atomic E-state index is 12.0. The lowest BCUT2D eigenvalue weighted by molar-refractivity contribution is -0.122. The molecule has 1 aromatic carbocycles. The summed E-state index contributed by atoms with van der Waals surface area (Å²) < 4.78 is 5.29. The first-order valence-corrected chi connectivity index (χ1v) is 8.15. The molecule has 0 aromatic heterocycles. The van der Waals surface area contributed by atoms with Gasteiger partial charge in [-0.15, -0.1) is 0 Å². The van der Waals surface area contributed by atoms with Crippen LogP contribution in [0.3, 0.4) is 0 Å². The fourth-order valence-electron chi connectivity index (χ4n) is 2.12. The van der Waals surface area contributed by atoms with Crippen molar-refractivity contribution in [2.45, 2.75) is 45.3 Å². The van der Waals surface area contributed by atoms with Crippen molar-refractivity contribution in [3.63, 3.8) is 0 Å². The van der Waals surface area contributed by atoms with Crippen LogP contribution in [-0.4, -0.2) is 24.1 Å². The summed E-state index contributed by atoms with van der Waals surface area (Å²) in [6.07, 6.45) is 1.35. The summed E-state index contributed by atoms with van der Waals surface area (Å²) >= 11 is 6.02. The Morgan fingerprint density at radius 2 is 2.04 bits per heavy atom. The molecule has 0 spiro atoms. The summed E-state index contributed by atoms with van der Waals surface area (Å²) in [5, 5.41) is 6.25. The van der Waals surface area contributed by atoms with Gasteiger partial charge in [-0.3, -0.25) is 4.79 Å². The van der Waals surface area contributed by atoms with E-state index in [0.29, 0.717) is 11.6 Å². The first kappa shape index (κ1) is 17.6. The fourth-order valence-corrected chi connectivity index (χ4v) is 2.32. The molecule has 1 saturated carbocycles. The number of hydrogen-bond acceptors (Lipinski definition) is 3. The van der Waals surface area contributed by atoms with E-state index in [1.54, 1.807) is 32.9 Å². The van der Waals surface area contributed by atoms with Crippen molar-refractivity contribution in [3.8, 4) is 0 Å². The molecule has 1 aromatic rings. The van der Waals surface area contributed by atoms with E-state index in [1.807, 2.05) is 12.1 Å². The van der Waals surface area contributed by atoms with Crippen LogP contribution in [0.25, 0.3) is 0 Å². The molecule has 23 heavy (non-hydrogen) atoms. The predicted octanol–water partition coefficient (Wildman–Crippen LogP) is 3.43. The molecular weight excluding hydrogens is 316 g/mol. The molecule has 5 nitrogen and oxygen atoms in total. The Morgan fingerprint density at radius 3 is 2.61 bits per heavy atom. The van der Waals surface area contributed by atoms with Crippen molar-refractivity contribution in [2.24, 2.45) is 5.92 Å². The number of halogens is 1. The van der Waals surface area contributed by atoms with Crippen LogP contribution in [0.4, 0.5) is 4.79 Å². The third-order valence-corrected chi connectivity index (χ3v) is 3.61. The smallest absolute Gasteiger partial charge is 0.408 e. The molecule has 0 bridgehead atoms. The van der Waals surface area contributed by atoms with E-state index in [-0.39, 0.29) is 11.8 Å². The van der Waals surface area contributed by atoms with Gasteiger partial charge in [-0.25, -0.2) is 4.79 Å². The van der Waals surface area contributed by atoms with Gasteiger partial charge in [-0.1, -0.05) is 23.7 Å². The molecule has 126 valence electrons. The SMILES string of the molecule is CC(C)(C)OC(=O)NC(CNC(=O)C1CC1)c1cccc(Cl)c1. The quantitative estimate of drug-likeness (QED) is 0.864. The minimum atomic E-state index is -0.583. The van der Waals surface area contributed by atoms with Gasteiger partial charge in [0.25, 0.3) is 0 Å². The molecule has 1 atom stereocenters. The molecule has 2 amide bonds. The maximum atomic E-state index is 12.0. The Kier molecular flexibility index (Phi) is 5.52. The highest BCUT2D eigenvalue weighted by Gasteiger charge is 2.30. The number of amides is 2. The molecule has 0 heterocycles. The standard InChI is InChI=1S/C17H23ClN2O3/c1-17(2,3)23-16(22)20-14(10-19-15(21)11-7-8-11)12-5-4-6-13(18)9-12/h4-6,9,11,14H,7-8,10H2,1-3H3,(H,19,21)(H,20,22). The maximum Gasteiger partial charge on any atom is 0.408 e. The van der Waals surface area contributed by atoms with Gasteiger partial charge in [0.2, 0.25) is 5.91 Å². The Labute approximate surface area is 141 Å². The van der Waals surface area contributed by atoms with Gasteiger partial charge >= 0.3 is 6.09 Å². The van der Waals surface area contributed by atoms with Gasteiger partial charge in [-0.05, 0) is 51.3 Å². The minimum Gasteiger partial charge on any atom is -0.444 e. The second kappa shape index (κ2) is 7.21. The lowest BCUT2D eigenvalue weighted by Gasteiger charge is -2.24. The second-order valence-electron chi connectivity index (χ2n) is 6.77. The summed E-state index contributed by atoms with van der Waals surface area (Å²) in [4.78, 5) is 23.9. The minimum absolute atomic E-state index is 0.0306. The summed E-state index contributed by atoms with van der Waals surface area (Å²) in [5.74, 6) is 0.152. The Balaban J connectivity index is 2.03. The number of rotatable bonds is 5. The molecule has 6 heteroatoms. The van der Waals surface area contributed by atoms with Crippen LogP contribution in [0.2, 0.25) is 5.02 Å². The zero-order chi connectivity index (χ0) is 17.0. The highest BCUT2D eigenvalue weighted by molar-refractivity contribution is 6.30.